The van der Waals surface area contributed by atoms with E-state index < -0.39 is 18.6 Å². The number of alkyl halides is 3. The predicted molar refractivity (Wildman–Crippen MR) is 87.5 cm³/mol. The summed E-state index contributed by atoms with van der Waals surface area (Å²) in [5, 5.41) is 5.97. The van der Waals surface area contributed by atoms with Crippen LogP contribution in [0.2, 0.25) is 0 Å². The predicted octanol–water partition coefficient (Wildman–Crippen LogP) is 0.758. The Morgan fingerprint density at radius 2 is 2.16 bits per heavy atom. The Morgan fingerprint density at radius 1 is 1.40 bits per heavy atom. The number of amides is 1. The van der Waals surface area contributed by atoms with Gasteiger partial charge in [-0.1, -0.05) is 0 Å². The van der Waals surface area contributed by atoms with E-state index in [1.807, 2.05) is 6.92 Å². The smallest absolute Gasteiger partial charge is 0.379 e. The first-order chi connectivity index (χ1) is 11.8. The number of likely N-dealkylation sites (N-methyl/N-ethyl adjacent to an activating group) is 1. The number of halogens is 3. The van der Waals surface area contributed by atoms with Crippen LogP contribution in [0, 0.1) is 0 Å². The maximum atomic E-state index is 12.3. The Morgan fingerprint density at radius 3 is 2.76 bits per heavy atom. The van der Waals surface area contributed by atoms with E-state index in [0.29, 0.717) is 37.2 Å². The molecule has 1 amide bonds. The summed E-state index contributed by atoms with van der Waals surface area (Å²) >= 11 is 0. The van der Waals surface area contributed by atoms with Gasteiger partial charge in [0.1, 0.15) is 13.1 Å². The third-order valence-corrected chi connectivity index (χ3v) is 3.41. The van der Waals surface area contributed by atoms with Crippen molar-refractivity contribution in [3.05, 3.63) is 0 Å². The molecular weight excluding hydrogens is 341 g/mol. The molecule has 2 N–H and O–H groups in total. The highest BCUT2D eigenvalue weighted by molar-refractivity contribution is 5.84. The molecule has 0 aromatic carbocycles. The minimum absolute atomic E-state index is 0.156. The van der Waals surface area contributed by atoms with Crippen molar-refractivity contribution in [2.75, 3.05) is 53.0 Å². The molecule has 1 aliphatic heterocycles. The average molecular weight is 368 g/mol. The molecule has 25 heavy (non-hydrogen) atoms. The summed E-state index contributed by atoms with van der Waals surface area (Å²) in [5.74, 6) is -0.306. The number of ether oxygens (including phenoxy) is 2. The highest BCUT2D eigenvalue weighted by Crippen LogP contribution is 2.15. The van der Waals surface area contributed by atoms with Crippen molar-refractivity contribution in [2.24, 2.45) is 4.99 Å². The molecule has 1 aliphatic rings. The first-order valence-electron chi connectivity index (χ1n) is 8.34. The summed E-state index contributed by atoms with van der Waals surface area (Å²) in [5.41, 5.74) is 0. The Bertz CT molecular complexity index is 427. The Labute approximate surface area is 145 Å². The summed E-state index contributed by atoms with van der Waals surface area (Å²) in [4.78, 5) is 16.3. The molecule has 7 nitrogen and oxygen atoms in total. The van der Waals surface area contributed by atoms with Crippen LogP contribution in [-0.4, -0.2) is 82.1 Å². The fourth-order valence-corrected chi connectivity index (χ4v) is 2.14. The third-order valence-electron chi connectivity index (χ3n) is 3.41. The molecule has 1 atom stereocenters. The number of nitrogens with zero attached hydrogens (tertiary/aromatic N) is 2. The second-order valence-corrected chi connectivity index (χ2v) is 5.70. The lowest BCUT2D eigenvalue weighted by atomic mass is 10.3. The van der Waals surface area contributed by atoms with Gasteiger partial charge in [0, 0.05) is 33.4 Å². The number of nitrogens with one attached hydrogen (secondary N) is 2. The maximum Gasteiger partial charge on any atom is 0.406 e. The summed E-state index contributed by atoms with van der Waals surface area (Å²) in [7, 11) is 1.11. The van der Waals surface area contributed by atoms with Crippen LogP contribution in [0.25, 0.3) is 0 Å². The normalized spacial score (nSPS) is 18.3. The Balaban J connectivity index is 2.28. The highest BCUT2D eigenvalue weighted by atomic mass is 19.4. The maximum absolute atomic E-state index is 12.3. The van der Waals surface area contributed by atoms with E-state index in [-0.39, 0.29) is 12.6 Å². The fraction of sp³-hybridized carbons (Fsp3) is 0.867. The molecule has 0 radical (unpaired) electrons. The molecule has 1 fully saturated rings. The van der Waals surface area contributed by atoms with Gasteiger partial charge in [-0.25, -0.2) is 4.99 Å². The Hall–Kier alpha value is -1.55. The van der Waals surface area contributed by atoms with E-state index in [1.54, 1.807) is 0 Å². The van der Waals surface area contributed by atoms with Crippen LogP contribution in [0.1, 0.15) is 19.8 Å². The molecule has 1 rings (SSSR count). The first kappa shape index (κ1) is 21.5. The number of rotatable bonds is 9. The lowest BCUT2D eigenvalue weighted by Crippen LogP contribution is -2.40. The van der Waals surface area contributed by atoms with Crippen LogP contribution in [0.5, 0.6) is 0 Å². The van der Waals surface area contributed by atoms with Crippen molar-refractivity contribution in [1.82, 2.24) is 15.5 Å². The van der Waals surface area contributed by atoms with Crippen LogP contribution in [-0.2, 0) is 14.3 Å². The van der Waals surface area contributed by atoms with E-state index in [9.17, 15) is 18.0 Å². The van der Waals surface area contributed by atoms with Crippen molar-refractivity contribution in [1.29, 1.82) is 0 Å². The van der Waals surface area contributed by atoms with Crippen LogP contribution < -0.4 is 10.6 Å². The highest BCUT2D eigenvalue weighted by Gasteiger charge is 2.31. The molecule has 1 heterocycles. The van der Waals surface area contributed by atoms with Crippen LogP contribution in [0.3, 0.4) is 0 Å². The third kappa shape index (κ3) is 10.1. The largest absolute Gasteiger partial charge is 0.406 e. The summed E-state index contributed by atoms with van der Waals surface area (Å²) in [6.45, 7) is 3.32. The van der Waals surface area contributed by atoms with Crippen LogP contribution >= 0.6 is 0 Å². The molecular formula is C15H27F3N4O3. The van der Waals surface area contributed by atoms with E-state index in [0.717, 1.165) is 26.5 Å². The van der Waals surface area contributed by atoms with Crippen molar-refractivity contribution in [3.63, 3.8) is 0 Å². The zero-order chi connectivity index (χ0) is 18.7. The van der Waals surface area contributed by atoms with Gasteiger partial charge in [0.25, 0.3) is 0 Å². The summed E-state index contributed by atoms with van der Waals surface area (Å²) < 4.78 is 47.6. The van der Waals surface area contributed by atoms with Gasteiger partial charge < -0.3 is 25.0 Å². The molecule has 0 spiro atoms. The second-order valence-electron chi connectivity index (χ2n) is 5.70. The SMILES string of the molecule is CCNC(=NCC(=O)N(C)CC(F)(F)F)NCCCOC1CCOC1. The van der Waals surface area contributed by atoms with Gasteiger partial charge >= 0.3 is 6.18 Å². The molecule has 10 heteroatoms. The summed E-state index contributed by atoms with van der Waals surface area (Å²) in [6.07, 6.45) is -2.61. The first-order valence-corrected chi connectivity index (χ1v) is 8.34. The van der Waals surface area contributed by atoms with Gasteiger partial charge in [0.15, 0.2) is 5.96 Å². The van der Waals surface area contributed by atoms with Gasteiger partial charge in [-0.3, -0.25) is 4.79 Å². The number of hydrogen-bond donors (Lipinski definition) is 2. The lowest BCUT2D eigenvalue weighted by Gasteiger charge is -2.18. The average Bonchev–Trinajstić information content (AvgIpc) is 3.03. The molecule has 0 saturated carbocycles. The topological polar surface area (TPSA) is 75.2 Å². The number of carbonyl (C=O) groups is 1. The van der Waals surface area contributed by atoms with Crippen molar-refractivity contribution in [2.45, 2.75) is 32.0 Å². The minimum atomic E-state index is -4.42. The van der Waals surface area contributed by atoms with Crippen LogP contribution in [0.15, 0.2) is 4.99 Å². The van der Waals surface area contributed by atoms with Crippen LogP contribution in [0.4, 0.5) is 13.2 Å². The lowest BCUT2D eigenvalue weighted by molar-refractivity contribution is -0.157. The van der Waals surface area contributed by atoms with Gasteiger partial charge in [0.05, 0.1) is 12.7 Å². The van der Waals surface area contributed by atoms with Crippen molar-refractivity contribution < 1.29 is 27.4 Å². The van der Waals surface area contributed by atoms with Gasteiger partial charge in [-0.2, -0.15) is 13.2 Å². The fourth-order valence-electron chi connectivity index (χ4n) is 2.14. The Kier molecular flexibility index (Phi) is 9.58. The molecule has 146 valence electrons. The van der Waals surface area contributed by atoms with E-state index in [2.05, 4.69) is 15.6 Å². The quantitative estimate of drug-likeness (QED) is 0.357. The van der Waals surface area contributed by atoms with Gasteiger partial charge in [-0.05, 0) is 19.8 Å². The molecule has 0 aromatic rings. The van der Waals surface area contributed by atoms with Gasteiger partial charge in [0.2, 0.25) is 5.91 Å². The minimum Gasteiger partial charge on any atom is -0.379 e. The number of hydrogen-bond acceptors (Lipinski definition) is 4. The van der Waals surface area contributed by atoms with Crippen molar-refractivity contribution in [3.8, 4) is 0 Å². The zero-order valence-corrected chi connectivity index (χ0v) is 14.7. The number of aliphatic imine (C=N–C) groups is 1. The molecule has 1 unspecified atom stereocenters. The van der Waals surface area contributed by atoms with E-state index in [4.69, 9.17) is 9.47 Å². The number of carbonyl (C=O) groups excluding carboxylic acids is 1. The standard InChI is InChI=1S/C15H27F3N4O3/c1-3-19-14(20-6-4-7-25-12-5-8-24-10-12)21-9-13(23)22(2)11-15(16,17)18/h12H,3-11H2,1-2H3,(H2,19,20,21). The molecule has 0 aliphatic carbocycles. The monoisotopic (exact) mass is 368 g/mol. The second kappa shape index (κ2) is 11.1. The molecule has 1 saturated heterocycles. The number of guanidine groups is 1. The zero-order valence-electron chi connectivity index (χ0n) is 14.7. The van der Waals surface area contributed by atoms with E-state index in [1.165, 1.54) is 0 Å². The van der Waals surface area contributed by atoms with Gasteiger partial charge in [-0.15, -0.1) is 0 Å². The van der Waals surface area contributed by atoms with Crippen molar-refractivity contribution >= 4 is 11.9 Å². The van der Waals surface area contributed by atoms with E-state index >= 15 is 0 Å². The summed E-state index contributed by atoms with van der Waals surface area (Å²) in [6, 6.07) is 0. The molecule has 0 bridgehead atoms. The molecule has 0 aromatic heterocycles.